The van der Waals surface area contributed by atoms with E-state index in [-0.39, 0.29) is 11.7 Å². The fourth-order valence-corrected chi connectivity index (χ4v) is 1.74. The average Bonchev–Trinajstić information content (AvgIpc) is 2.24. The van der Waals surface area contributed by atoms with Crippen molar-refractivity contribution in [3.05, 3.63) is 35.6 Å². The predicted octanol–water partition coefficient (Wildman–Crippen LogP) is 3.56. The average molecular weight is 223 g/mol. The topological polar surface area (TPSA) is 12.0 Å². The van der Waals surface area contributed by atoms with Crippen LogP contribution in [0.25, 0.3) is 0 Å². The summed E-state index contributed by atoms with van der Waals surface area (Å²) in [6, 6.07) is 7.05. The standard InChI is InChI=1S/C14H22FN/c1-11(2)10-16-9-8-12(3)13-6-4-5-7-14(13)15/h4-7,11-12,16H,8-10H2,1-3H3. The van der Waals surface area contributed by atoms with E-state index in [0.717, 1.165) is 25.1 Å². The summed E-state index contributed by atoms with van der Waals surface area (Å²) in [5, 5.41) is 3.38. The minimum Gasteiger partial charge on any atom is -0.316 e. The molecular formula is C14H22FN. The molecule has 90 valence electrons. The highest BCUT2D eigenvalue weighted by molar-refractivity contribution is 5.20. The Balaban J connectivity index is 2.35. The molecule has 1 nitrogen and oxygen atoms in total. The second kappa shape index (κ2) is 6.64. The fraction of sp³-hybridized carbons (Fsp3) is 0.571. The molecule has 0 aliphatic carbocycles. The van der Waals surface area contributed by atoms with E-state index in [2.05, 4.69) is 26.1 Å². The van der Waals surface area contributed by atoms with Crippen LogP contribution >= 0.6 is 0 Å². The second-order valence-corrected chi connectivity index (χ2v) is 4.81. The first-order valence-electron chi connectivity index (χ1n) is 6.06. The van der Waals surface area contributed by atoms with Gasteiger partial charge in [0.05, 0.1) is 0 Å². The zero-order valence-corrected chi connectivity index (χ0v) is 10.5. The number of rotatable bonds is 6. The first-order valence-corrected chi connectivity index (χ1v) is 6.06. The summed E-state index contributed by atoms with van der Waals surface area (Å²) in [5.74, 6) is 0.864. The molecule has 0 aliphatic rings. The molecule has 16 heavy (non-hydrogen) atoms. The third kappa shape index (κ3) is 4.31. The van der Waals surface area contributed by atoms with Crippen LogP contribution in [0.15, 0.2) is 24.3 Å². The van der Waals surface area contributed by atoms with Crippen molar-refractivity contribution in [1.29, 1.82) is 0 Å². The van der Waals surface area contributed by atoms with Crippen LogP contribution in [0.3, 0.4) is 0 Å². The van der Waals surface area contributed by atoms with E-state index in [1.54, 1.807) is 6.07 Å². The Bertz CT molecular complexity index is 309. The quantitative estimate of drug-likeness (QED) is 0.727. The molecule has 1 rings (SSSR count). The molecule has 0 spiro atoms. The van der Waals surface area contributed by atoms with Crippen molar-refractivity contribution in [2.75, 3.05) is 13.1 Å². The minimum atomic E-state index is -0.0844. The Kier molecular flexibility index (Phi) is 5.47. The number of hydrogen-bond donors (Lipinski definition) is 1. The molecule has 0 heterocycles. The summed E-state index contributed by atoms with van der Waals surface area (Å²) in [5.41, 5.74) is 0.828. The summed E-state index contributed by atoms with van der Waals surface area (Å²) in [7, 11) is 0. The fourth-order valence-electron chi connectivity index (χ4n) is 1.74. The molecule has 2 heteroatoms. The van der Waals surface area contributed by atoms with Gasteiger partial charge in [-0.3, -0.25) is 0 Å². The van der Waals surface area contributed by atoms with Gasteiger partial charge in [0.1, 0.15) is 5.82 Å². The molecule has 1 N–H and O–H groups in total. The van der Waals surface area contributed by atoms with E-state index in [4.69, 9.17) is 0 Å². The lowest BCUT2D eigenvalue weighted by atomic mass is 9.97. The molecule has 0 radical (unpaired) electrons. The largest absolute Gasteiger partial charge is 0.316 e. The van der Waals surface area contributed by atoms with Gasteiger partial charge in [-0.15, -0.1) is 0 Å². The van der Waals surface area contributed by atoms with Crippen molar-refractivity contribution in [1.82, 2.24) is 5.32 Å². The summed E-state index contributed by atoms with van der Waals surface area (Å²) in [4.78, 5) is 0. The van der Waals surface area contributed by atoms with Crippen molar-refractivity contribution in [2.45, 2.75) is 33.1 Å². The maximum absolute atomic E-state index is 13.5. The molecule has 0 aromatic heterocycles. The molecule has 0 bridgehead atoms. The van der Waals surface area contributed by atoms with Crippen LogP contribution in [0.2, 0.25) is 0 Å². The van der Waals surface area contributed by atoms with Crippen molar-refractivity contribution in [3.63, 3.8) is 0 Å². The SMILES string of the molecule is CC(C)CNCCC(C)c1ccccc1F. The van der Waals surface area contributed by atoms with Crippen LogP contribution in [-0.2, 0) is 0 Å². The van der Waals surface area contributed by atoms with Crippen LogP contribution in [0.1, 0.15) is 38.7 Å². The lowest BCUT2D eigenvalue weighted by molar-refractivity contribution is 0.514. The molecule has 1 unspecified atom stereocenters. The third-order valence-corrected chi connectivity index (χ3v) is 2.74. The zero-order chi connectivity index (χ0) is 12.0. The Morgan fingerprint density at radius 1 is 1.19 bits per heavy atom. The highest BCUT2D eigenvalue weighted by atomic mass is 19.1. The van der Waals surface area contributed by atoms with Crippen LogP contribution in [-0.4, -0.2) is 13.1 Å². The molecule has 1 atom stereocenters. The Morgan fingerprint density at radius 2 is 1.88 bits per heavy atom. The van der Waals surface area contributed by atoms with Gasteiger partial charge in [-0.05, 0) is 43.0 Å². The minimum absolute atomic E-state index is 0.0844. The summed E-state index contributed by atoms with van der Waals surface area (Å²) in [6.45, 7) is 8.44. The first kappa shape index (κ1) is 13.2. The lowest BCUT2D eigenvalue weighted by Crippen LogP contribution is -2.21. The number of benzene rings is 1. The van der Waals surface area contributed by atoms with Gasteiger partial charge in [0.2, 0.25) is 0 Å². The highest BCUT2D eigenvalue weighted by Gasteiger charge is 2.09. The van der Waals surface area contributed by atoms with Gasteiger partial charge in [0, 0.05) is 0 Å². The molecule has 0 aliphatic heterocycles. The van der Waals surface area contributed by atoms with E-state index in [1.165, 1.54) is 6.07 Å². The van der Waals surface area contributed by atoms with E-state index < -0.39 is 0 Å². The van der Waals surface area contributed by atoms with E-state index in [1.807, 2.05) is 12.1 Å². The predicted molar refractivity (Wildman–Crippen MR) is 67.1 cm³/mol. The molecular weight excluding hydrogens is 201 g/mol. The Hall–Kier alpha value is -0.890. The number of nitrogens with one attached hydrogen (secondary N) is 1. The first-order chi connectivity index (χ1) is 7.61. The van der Waals surface area contributed by atoms with Gasteiger partial charge >= 0.3 is 0 Å². The van der Waals surface area contributed by atoms with Gasteiger partial charge in [-0.25, -0.2) is 4.39 Å². The van der Waals surface area contributed by atoms with Crippen LogP contribution in [0.4, 0.5) is 4.39 Å². The van der Waals surface area contributed by atoms with Gasteiger partial charge < -0.3 is 5.32 Å². The molecule has 0 saturated carbocycles. The van der Waals surface area contributed by atoms with Crippen molar-refractivity contribution >= 4 is 0 Å². The third-order valence-electron chi connectivity index (χ3n) is 2.74. The van der Waals surface area contributed by atoms with Crippen molar-refractivity contribution < 1.29 is 4.39 Å². The summed E-state index contributed by atoms with van der Waals surface area (Å²) >= 11 is 0. The molecule has 0 fully saturated rings. The second-order valence-electron chi connectivity index (χ2n) is 4.81. The molecule has 1 aromatic rings. The van der Waals surface area contributed by atoms with Crippen LogP contribution < -0.4 is 5.32 Å². The van der Waals surface area contributed by atoms with Gasteiger partial charge in [-0.1, -0.05) is 39.0 Å². The molecule has 0 amide bonds. The van der Waals surface area contributed by atoms with Crippen LogP contribution in [0.5, 0.6) is 0 Å². The number of hydrogen-bond acceptors (Lipinski definition) is 1. The smallest absolute Gasteiger partial charge is 0.126 e. The van der Waals surface area contributed by atoms with E-state index in [9.17, 15) is 4.39 Å². The Labute approximate surface area is 98.1 Å². The zero-order valence-electron chi connectivity index (χ0n) is 10.5. The van der Waals surface area contributed by atoms with Gasteiger partial charge in [-0.2, -0.15) is 0 Å². The molecule has 0 saturated heterocycles. The maximum Gasteiger partial charge on any atom is 0.126 e. The summed E-state index contributed by atoms with van der Waals surface area (Å²) < 4.78 is 13.5. The summed E-state index contributed by atoms with van der Waals surface area (Å²) in [6.07, 6.45) is 0.980. The van der Waals surface area contributed by atoms with Gasteiger partial charge in [0.15, 0.2) is 0 Å². The highest BCUT2D eigenvalue weighted by Crippen LogP contribution is 2.21. The van der Waals surface area contributed by atoms with E-state index >= 15 is 0 Å². The number of halogens is 1. The molecule has 1 aromatic carbocycles. The van der Waals surface area contributed by atoms with E-state index in [0.29, 0.717) is 5.92 Å². The van der Waals surface area contributed by atoms with Gasteiger partial charge in [0.25, 0.3) is 0 Å². The monoisotopic (exact) mass is 223 g/mol. The van der Waals surface area contributed by atoms with Crippen LogP contribution in [0, 0.1) is 11.7 Å². The Morgan fingerprint density at radius 3 is 2.50 bits per heavy atom. The van der Waals surface area contributed by atoms with Crippen molar-refractivity contribution in [2.24, 2.45) is 5.92 Å². The maximum atomic E-state index is 13.5. The lowest BCUT2D eigenvalue weighted by Gasteiger charge is -2.14. The van der Waals surface area contributed by atoms with Crippen molar-refractivity contribution in [3.8, 4) is 0 Å². The normalized spacial score (nSPS) is 13.1.